The number of phenols is 1. The van der Waals surface area contributed by atoms with Crippen molar-refractivity contribution in [3.05, 3.63) is 111 Å². The quantitative estimate of drug-likeness (QED) is 0.108. The molecule has 6 rings (SSSR count). The highest BCUT2D eigenvalue weighted by atomic mass is 127. The molecule has 0 aliphatic heterocycles. The number of aromatic amines is 2. The predicted octanol–water partition coefficient (Wildman–Crippen LogP) is 7.72. The number of H-pyrrole nitrogens is 2. The van der Waals surface area contributed by atoms with Gasteiger partial charge < -0.3 is 25.7 Å². The van der Waals surface area contributed by atoms with Gasteiger partial charge in [-0.2, -0.15) is 10.5 Å². The van der Waals surface area contributed by atoms with Crippen molar-refractivity contribution >= 4 is 45.9 Å². The van der Waals surface area contributed by atoms with Crippen molar-refractivity contribution < 1.29 is 5.11 Å². The predicted molar refractivity (Wildman–Crippen MR) is 186 cm³/mol. The lowest BCUT2D eigenvalue weighted by atomic mass is 10.1. The summed E-state index contributed by atoms with van der Waals surface area (Å²) in [6.45, 7) is 7.67. The van der Waals surface area contributed by atoms with Crippen LogP contribution in [-0.2, 0) is 0 Å². The van der Waals surface area contributed by atoms with Crippen molar-refractivity contribution in [1.29, 1.82) is 10.5 Å². The van der Waals surface area contributed by atoms with Crippen molar-refractivity contribution in [3.63, 3.8) is 0 Å². The molecule has 0 amide bonds. The van der Waals surface area contributed by atoms with Gasteiger partial charge in [0, 0.05) is 55.9 Å². The van der Waals surface area contributed by atoms with Crippen LogP contribution in [0.15, 0.2) is 73.1 Å². The number of phenolic OH excluding ortho intramolecular Hbond substituents is 1. The second-order valence-electron chi connectivity index (χ2n) is 10.3. The van der Waals surface area contributed by atoms with Gasteiger partial charge in [-0.1, -0.05) is 6.07 Å². The van der Waals surface area contributed by atoms with Crippen LogP contribution in [-0.4, -0.2) is 35.0 Å². The first kappa shape index (κ1) is 31.7. The van der Waals surface area contributed by atoms with E-state index in [1.165, 1.54) is 3.57 Å². The van der Waals surface area contributed by atoms with Gasteiger partial charge in [0.15, 0.2) is 0 Å². The molecule has 228 valence electrons. The molecule has 12 heteroatoms. The third kappa shape index (κ3) is 7.14. The summed E-state index contributed by atoms with van der Waals surface area (Å²) in [6.07, 6.45) is 3.38. The van der Waals surface area contributed by atoms with Gasteiger partial charge in [-0.3, -0.25) is 0 Å². The van der Waals surface area contributed by atoms with E-state index in [4.69, 9.17) is 10.5 Å². The lowest BCUT2D eigenvalue weighted by Crippen LogP contribution is -1.98. The maximum atomic E-state index is 9.51. The number of aromatic hydroxyl groups is 1. The number of halogens is 1. The molecule has 0 saturated carbocycles. The molecule has 6 aromatic rings. The van der Waals surface area contributed by atoms with Crippen LogP contribution in [0, 0.1) is 53.9 Å². The Hall–Kier alpha value is -5.73. The molecule has 0 radical (unpaired) electrons. The summed E-state index contributed by atoms with van der Waals surface area (Å²) in [5.74, 6) is 1.12. The Morgan fingerprint density at radius 3 is 1.65 bits per heavy atom. The van der Waals surface area contributed by atoms with E-state index in [1.807, 2.05) is 64.1 Å². The fraction of sp³-hybridized carbons (Fsp3) is 0.118. The van der Waals surface area contributed by atoms with E-state index in [9.17, 15) is 5.11 Å². The highest BCUT2D eigenvalue weighted by Crippen LogP contribution is 2.30. The molecule has 0 saturated heterocycles. The van der Waals surface area contributed by atoms with Crippen molar-refractivity contribution in [2.45, 2.75) is 27.7 Å². The van der Waals surface area contributed by atoms with Crippen LogP contribution in [0.1, 0.15) is 33.9 Å². The minimum Gasteiger partial charge on any atom is -0.508 e. The molecule has 5 N–H and O–H groups in total. The Morgan fingerprint density at radius 2 is 1.20 bits per heavy atom. The van der Waals surface area contributed by atoms with Gasteiger partial charge in [0.2, 0.25) is 11.9 Å². The maximum Gasteiger partial charge on any atom is 0.227 e. The van der Waals surface area contributed by atoms with E-state index in [2.05, 4.69) is 75.3 Å². The first-order chi connectivity index (χ1) is 22.2. The fourth-order valence-electron chi connectivity index (χ4n) is 4.98. The molecule has 0 unspecified atom stereocenters. The zero-order valence-corrected chi connectivity index (χ0v) is 27.6. The van der Waals surface area contributed by atoms with Crippen LogP contribution in [0.4, 0.5) is 23.3 Å². The molecule has 4 heterocycles. The summed E-state index contributed by atoms with van der Waals surface area (Å²) in [5.41, 5.74) is 9.72. The molecule has 4 aromatic heterocycles. The average Bonchev–Trinajstić information content (AvgIpc) is 3.50. The zero-order chi connectivity index (χ0) is 32.8. The minimum absolute atomic E-state index is 0.169. The Labute approximate surface area is 279 Å². The van der Waals surface area contributed by atoms with Crippen LogP contribution >= 0.6 is 22.6 Å². The van der Waals surface area contributed by atoms with E-state index in [0.29, 0.717) is 29.0 Å². The molecule has 2 aromatic carbocycles. The number of aromatic nitrogens is 6. The van der Waals surface area contributed by atoms with E-state index in [1.54, 1.807) is 36.7 Å². The van der Waals surface area contributed by atoms with E-state index < -0.39 is 0 Å². The monoisotopic (exact) mass is 720 g/mol. The first-order valence-electron chi connectivity index (χ1n) is 14.1. The van der Waals surface area contributed by atoms with E-state index >= 15 is 0 Å². The van der Waals surface area contributed by atoms with E-state index in [0.717, 1.165) is 50.7 Å². The number of benzene rings is 2. The summed E-state index contributed by atoms with van der Waals surface area (Å²) in [5, 5.41) is 34.0. The second kappa shape index (κ2) is 13.9. The average molecular weight is 721 g/mol. The van der Waals surface area contributed by atoms with Crippen LogP contribution in [0.2, 0.25) is 0 Å². The van der Waals surface area contributed by atoms with Gasteiger partial charge in [0.1, 0.15) is 29.3 Å². The Bertz CT molecular complexity index is 2100. The number of rotatable bonds is 6. The number of anilines is 4. The topological polar surface area (TPSA) is 175 Å². The number of nitriles is 2. The minimum atomic E-state index is 0.169. The largest absolute Gasteiger partial charge is 0.508 e. The highest BCUT2D eigenvalue weighted by Gasteiger charge is 2.16. The van der Waals surface area contributed by atoms with Gasteiger partial charge in [0.25, 0.3) is 0 Å². The highest BCUT2D eigenvalue weighted by molar-refractivity contribution is 14.1. The van der Waals surface area contributed by atoms with Crippen LogP contribution in [0.25, 0.3) is 22.5 Å². The Kier molecular flexibility index (Phi) is 9.59. The third-order valence-electron chi connectivity index (χ3n) is 7.12. The van der Waals surface area contributed by atoms with Gasteiger partial charge >= 0.3 is 0 Å². The number of nitrogens with zero attached hydrogens (tertiary/aromatic N) is 6. The summed E-state index contributed by atoms with van der Waals surface area (Å²) < 4.78 is 1.17. The molecule has 0 fully saturated rings. The normalized spacial score (nSPS) is 10.3. The maximum absolute atomic E-state index is 9.51. The molecule has 0 spiro atoms. The SMILES string of the molecule is Cc1[nH]c(C#N)c(C)c1-c1ccnc(Nc2ccc(I)cc2)n1.Cc1[nH]c(C#N)c(C)c1-c1ccnc(Nc2cccc(O)c2)n1. The van der Waals surface area contributed by atoms with Gasteiger partial charge in [-0.05, 0) is 110 Å². The van der Waals surface area contributed by atoms with Crippen LogP contribution in [0.5, 0.6) is 5.75 Å². The van der Waals surface area contributed by atoms with Gasteiger partial charge in [-0.25, -0.2) is 19.9 Å². The molecule has 46 heavy (non-hydrogen) atoms. The van der Waals surface area contributed by atoms with Crippen LogP contribution in [0.3, 0.4) is 0 Å². The summed E-state index contributed by atoms with van der Waals surface area (Å²) in [4.78, 5) is 23.7. The summed E-state index contributed by atoms with van der Waals surface area (Å²) in [6, 6.07) is 22.7. The second-order valence-corrected chi connectivity index (χ2v) is 11.6. The summed E-state index contributed by atoms with van der Waals surface area (Å²) >= 11 is 2.26. The van der Waals surface area contributed by atoms with Crippen molar-refractivity contribution in [3.8, 4) is 40.4 Å². The fourth-order valence-corrected chi connectivity index (χ4v) is 5.34. The third-order valence-corrected chi connectivity index (χ3v) is 7.84. The molecule has 0 bridgehead atoms. The zero-order valence-electron chi connectivity index (χ0n) is 25.4. The lowest BCUT2D eigenvalue weighted by Gasteiger charge is -2.07. The number of nitrogens with one attached hydrogen (secondary N) is 4. The van der Waals surface area contributed by atoms with Gasteiger partial charge in [-0.15, -0.1) is 0 Å². The van der Waals surface area contributed by atoms with Crippen molar-refractivity contribution in [2.75, 3.05) is 10.6 Å². The number of aryl methyl sites for hydroxylation is 2. The molecular formula is C34H29IN10O. The molecule has 11 nitrogen and oxygen atoms in total. The molecule has 0 atom stereocenters. The molecule has 0 aliphatic carbocycles. The molecule has 0 aliphatic rings. The first-order valence-corrected chi connectivity index (χ1v) is 15.2. The van der Waals surface area contributed by atoms with E-state index in [-0.39, 0.29) is 5.75 Å². The Morgan fingerprint density at radius 1 is 0.696 bits per heavy atom. The standard InChI is InChI=1S/C17H14IN5.C17H15N5O/c1-10-15(9-19)21-11(2)16(10)14-7-8-20-17(23-14)22-13-5-3-12(18)4-6-13;1-10-15(9-18)20-11(2)16(10)14-6-7-19-17(22-14)21-12-4-3-5-13(23)8-12/h3-8,21H,1-2H3,(H,20,22,23);3-8,20,23H,1-2H3,(H,19,21,22). The smallest absolute Gasteiger partial charge is 0.227 e. The summed E-state index contributed by atoms with van der Waals surface area (Å²) in [7, 11) is 0. The number of hydrogen-bond acceptors (Lipinski definition) is 9. The lowest BCUT2D eigenvalue weighted by molar-refractivity contribution is 0.475. The van der Waals surface area contributed by atoms with Gasteiger partial charge in [0.05, 0.1) is 11.4 Å². The molecular weight excluding hydrogens is 691 g/mol. The Balaban J connectivity index is 0.000000181. The number of hydrogen-bond donors (Lipinski definition) is 5. The van der Waals surface area contributed by atoms with Crippen molar-refractivity contribution in [2.24, 2.45) is 0 Å². The van der Waals surface area contributed by atoms with Crippen LogP contribution < -0.4 is 10.6 Å². The van der Waals surface area contributed by atoms with Crippen molar-refractivity contribution in [1.82, 2.24) is 29.9 Å².